The lowest BCUT2D eigenvalue weighted by Gasteiger charge is -2.15. The molecule has 0 amide bonds. The summed E-state index contributed by atoms with van der Waals surface area (Å²) in [6, 6.07) is 0.365. The summed E-state index contributed by atoms with van der Waals surface area (Å²) >= 11 is 1.27. The van der Waals surface area contributed by atoms with Gasteiger partial charge in [0.05, 0.1) is 5.75 Å². The van der Waals surface area contributed by atoms with Crippen molar-refractivity contribution in [2.75, 3.05) is 5.75 Å². The van der Waals surface area contributed by atoms with Crippen LogP contribution in [0.1, 0.15) is 32.0 Å². The van der Waals surface area contributed by atoms with E-state index in [1.165, 1.54) is 11.8 Å². The maximum Gasteiger partial charge on any atom is 0.313 e. The number of imidazole rings is 1. The Morgan fingerprint density at radius 1 is 1.73 bits per heavy atom. The molecule has 1 heterocycles. The first-order valence-electron chi connectivity index (χ1n) is 4.94. The molecule has 0 radical (unpaired) electrons. The van der Waals surface area contributed by atoms with E-state index >= 15 is 0 Å². The zero-order valence-electron chi connectivity index (χ0n) is 9.23. The predicted octanol–water partition coefficient (Wildman–Crippen LogP) is 2.34. The largest absolute Gasteiger partial charge is 0.481 e. The molecule has 0 aromatic carbocycles. The van der Waals surface area contributed by atoms with Crippen LogP contribution in [-0.4, -0.2) is 26.4 Å². The number of carboxylic acid groups (broad SMARTS) is 1. The highest BCUT2D eigenvalue weighted by atomic mass is 32.2. The zero-order chi connectivity index (χ0) is 11.4. The molecule has 0 fully saturated rings. The second-order valence-electron chi connectivity index (χ2n) is 3.49. The van der Waals surface area contributed by atoms with Crippen molar-refractivity contribution < 1.29 is 9.90 Å². The van der Waals surface area contributed by atoms with E-state index in [0.29, 0.717) is 6.04 Å². The van der Waals surface area contributed by atoms with Gasteiger partial charge in [-0.05, 0) is 20.3 Å². The van der Waals surface area contributed by atoms with Crippen LogP contribution in [0.2, 0.25) is 0 Å². The standard InChI is InChI=1S/C10H16N2O2S/c1-4-7(2)12-8(3)5-11-10(12)15-6-9(13)14/h5,7H,4,6H2,1-3H3,(H,13,14). The zero-order valence-corrected chi connectivity index (χ0v) is 10.0. The number of aromatic nitrogens is 2. The smallest absolute Gasteiger partial charge is 0.313 e. The Balaban J connectivity index is 2.83. The minimum atomic E-state index is -0.809. The summed E-state index contributed by atoms with van der Waals surface area (Å²) in [5, 5.41) is 9.41. The average molecular weight is 228 g/mol. The second kappa shape index (κ2) is 5.21. The van der Waals surface area contributed by atoms with Gasteiger partial charge in [-0.1, -0.05) is 18.7 Å². The fourth-order valence-electron chi connectivity index (χ4n) is 1.38. The van der Waals surface area contributed by atoms with Crippen LogP contribution in [0.5, 0.6) is 0 Å². The summed E-state index contributed by atoms with van der Waals surface area (Å²) in [6.45, 7) is 6.21. The van der Waals surface area contributed by atoms with Gasteiger partial charge in [-0.2, -0.15) is 0 Å². The minimum Gasteiger partial charge on any atom is -0.481 e. The lowest BCUT2D eigenvalue weighted by Crippen LogP contribution is -2.08. The number of thioether (sulfide) groups is 1. The molecule has 15 heavy (non-hydrogen) atoms. The molecule has 1 rings (SSSR count). The number of nitrogens with zero attached hydrogens (tertiary/aromatic N) is 2. The van der Waals surface area contributed by atoms with Crippen LogP contribution in [0.3, 0.4) is 0 Å². The molecule has 1 atom stereocenters. The van der Waals surface area contributed by atoms with Gasteiger partial charge in [-0.25, -0.2) is 4.98 Å². The SMILES string of the molecule is CCC(C)n1c(C)cnc1SCC(=O)O. The number of aliphatic carboxylic acids is 1. The number of hydrogen-bond donors (Lipinski definition) is 1. The molecule has 5 heteroatoms. The second-order valence-corrected chi connectivity index (χ2v) is 4.43. The summed E-state index contributed by atoms with van der Waals surface area (Å²) in [7, 11) is 0. The summed E-state index contributed by atoms with van der Waals surface area (Å²) < 4.78 is 2.09. The molecule has 1 N–H and O–H groups in total. The Labute approximate surface area is 93.7 Å². The molecule has 0 spiro atoms. The summed E-state index contributed by atoms with van der Waals surface area (Å²) in [6.07, 6.45) is 2.80. The lowest BCUT2D eigenvalue weighted by molar-refractivity contribution is -0.133. The molecule has 0 aliphatic heterocycles. The van der Waals surface area contributed by atoms with Crippen molar-refractivity contribution in [2.45, 2.75) is 38.4 Å². The van der Waals surface area contributed by atoms with Crippen LogP contribution in [0, 0.1) is 6.92 Å². The van der Waals surface area contributed by atoms with Crippen molar-refractivity contribution in [3.05, 3.63) is 11.9 Å². The van der Waals surface area contributed by atoms with Gasteiger partial charge in [-0.15, -0.1) is 0 Å². The van der Waals surface area contributed by atoms with Crippen molar-refractivity contribution in [1.29, 1.82) is 0 Å². The maximum atomic E-state index is 10.5. The van der Waals surface area contributed by atoms with Gasteiger partial charge >= 0.3 is 5.97 Å². The maximum absolute atomic E-state index is 10.5. The monoisotopic (exact) mass is 228 g/mol. The van der Waals surface area contributed by atoms with E-state index < -0.39 is 5.97 Å². The Bertz CT molecular complexity index is 349. The quantitative estimate of drug-likeness (QED) is 0.786. The summed E-state index contributed by atoms with van der Waals surface area (Å²) in [4.78, 5) is 14.7. The topological polar surface area (TPSA) is 55.1 Å². The molecular formula is C10H16N2O2S. The molecule has 0 aliphatic rings. The van der Waals surface area contributed by atoms with E-state index in [2.05, 4.69) is 23.4 Å². The van der Waals surface area contributed by atoms with Crippen LogP contribution < -0.4 is 0 Å². The summed E-state index contributed by atoms with van der Waals surface area (Å²) in [5.74, 6) is -0.747. The van der Waals surface area contributed by atoms with Gasteiger partial charge in [-0.3, -0.25) is 4.79 Å². The highest BCUT2D eigenvalue weighted by molar-refractivity contribution is 7.99. The molecule has 0 bridgehead atoms. The highest BCUT2D eigenvalue weighted by Crippen LogP contribution is 2.24. The van der Waals surface area contributed by atoms with Crippen molar-refractivity contribution in [2.24, 2.45) is 0 Å². The van der Waals surface area contributed by atoms with Crippen LogP contribution in [0.4, 0.5) is 0 Å². The normalized spacial score (nSPS) is 12.7. The van der Waals surface area contributed by atoms with Gasteiger partial charge in [0, 0.05) is 17.9 Å². The van der Waals surface area contributed by atoms with Gasteiger partial charge in [0.1, 0.15) is 0 Å². The predicted molar refractivity (Wildman–Crippen MR) is 60.3 cm³/mol. The molecule has 4 nitrogen and oxygen atoms in total. The van der Waals surface area contributed by atoms with Gasteiger partial charge < -0.3 is 9.67 Å². The molecule has 84 valence electrons. The third-order valence-electron chi connectivity index (χ3n) is 2.30. The molecule has 0 aliphatic carbocycles. The van der Waals surface area contributed by atoms with Crippen molar-refractivity contribution in [1.82, 2.24) is 9.55 Å². The molecular weight excluding hydrogens is 212 g/mol. The number of rotatable bonds is 5. The highest BCUT2D eigenvalue weighted by Gasteiger charge is 2.13. The first kappa shape index (κ1) is 12.1. The van der Waals surface area contributed by atoms with Crippen molar-refractivity contribution in [3.8, 4) is 0 Å². The molecule has 1 unspecified atom stereocenters. The minimum absolute atomic E-state index is 0.0624. The third-order valence-corrected chi connectivity index (χ3v) is 3.26. The summed E-state index contributed by atoms with van der Waals surface area (Å²) in [5.41, 5.74) is 1.08. The third kappa shape index (κ3) is 2.99. The van der Waals surface area contributed by atoms with Crippen LogP contribution in [0.25, 0.3) is 0 Å². The number of hydrogen-bond acceptors (Lipinski definition) is 3. The van der Waals surface area contributed by atoms with Crippen LogP contribution in [0.15, 0.2) is 11.4 Å². The Morgan fingerprint density at radius 2 is 2.40 bits per heavy atom. The van der Waals surface area contributed by atoms with Crippen LogP contribution in [-0.2, 0) is 4.79 Å². The first-order valence-corrected chi connectivity index (χ1v) is 5.93. The fourth-order valence-corrected chi connectivity index (χ4v) is 2.22. The Kier molecular flexibility index (Phi) is 4.20. The van der Waals surface area contributed by atoms with Gasteiger partial charge in [0.15, 0.2) is 5.16 Å². The van der Waals surface area contributed by atoms with E-state index in [-0.39, 0.29) is 5.75 Å². The van der Waals surface area contributed by atoms with Crippen LogP contribution >= 0.6 is 11.8 Å². The van der Waals surface area contributed by atoms with E-state index in [0.717, 1.165) is 17.3 Å². The Morgan fingerprint density at radius 3 is 2.93 bits per heavy atom. The fraction of sp³-hybridized carbons (Fsp3) is 0.600. The number of carboxylic acids is 1. The van der Waals surface area contributed by atoms with E-state index in [1.807, 2.05) is 6.92 Å². The van der Waals surface area contributed by atoms with Gasteiger partial charge in [0.2, 0.25) is 0 Å². The lowest BCUT2D eigenvalue weighted by atomic mass is 10.2. The Hall–Kier alpha value is -0.970. The molecule has 0 saturated carbocycles. The van der Waals surface area contributed by atoms with E-state index in [4.69, 9.17) is 5.11 Å². The number of aryl methyl sites for hydroxylation is 1. The van der Waals surface area contributed by atoms with Crippen molar-refractivity contribution >= 4 is 17.7 Å². The average Bonchev–Trinajstić information content (AvgIpc) is 2.55. The number of carbonyl (C=O) groups is 1. The van der Waals surface area contributed by atoms with Crippen molar-refractivity contribution in [3.63, 3.8) is 0 Å². The molecule has 1 aromatic heterocycles. The van der Waals surface area contributed by atoms with Gasteiger partial charge in [0.25, 0.3) is 0 Å². The molecule has 0 saturated heterocycles. The first-order chi connectivity index (χ1) is 7.06. The van der Waals surface area contributed by atoms with E-state index in [9.17, 15) is 4.79 Å². The molecule has 1 aromatic rings. The van der Waals surface area contributed by atoms with E-state index in [1.54, 1.807) is 6.20 Å².